The maximum Gasteiger partial charge on any atom is 0.251 e. The summed E-state index contributed by atoms with van der Waals surface area (Å²) in [5, 5.41) is 9.30. The normalized spacial score (nSPS) is 10.5. The van der Waals surface area contributed by atoms with E-state index in [1.165, 1.54) is 0 Å². The lowest BCUT2D eigenvalue weighted by molar-refractivity contribution is 0.0954. The molecule has 0 heterocycles. The van der Waals surface area contributed by atoms with Crippen LogP contribution in [0.2, 0.25) is 0 Å². The maximum atomic E-state index is 12.0. The van der Waals surface area contributed by atoms with Crippen molar-refractivity contribution in [3.05, 3.63) is 65.7 Å². The molecule has 1 amide bonds. The average molecular weight is 482 g/mol. The van der Waals surface area contributed by atoms with E-state index in [1.54, 1.807) is 19.2 Å². The monoisotopic (exact) mass is 482 g/mol. The topological polar surface area (TPSA) is 74.8 Å². The summed E-state index contributed by atoms with van der Waals surface area (Å²) >= 11 is 0. The van der Waals surface area contributed by atoms with Crippen LogP contribution in [0.15, 0.2) is 59.6 Å². The van der Waals surface area contributed by atoms with Gasteiger partial charge in [0.2, 0.25) is 0 Å². The molecular weight excluding hydrogens is 455 g/mol. The smallest absolute Gasteiger partial charge is 0.251 e. The second-order valence-corrected chi connectivity index (χ2v) is 5.59. The fraction of sp³-hybridized carbons (Fsp3) is 0.300. The number of hydrogen-bond donors (Lipinski definition) is 3. The van der Waals surface area contributed by atoms with Gasteiger partial charge in [-0.15, -0.1) is 24.0 Å². The van der Waals surface area contributed by atoms with Gasteiger partial charge in [0.15, 0.2) is 5.96 Å². The molecule has 2 rings (SSSR count). The van der Waals surface area contributed by atoms with Gasteiger partial charge >= 0.3 is 0 Å². The number of hydrogen-bond acceptors (Lipinski definition) is 3. The van der Waals surface area contributed by atoms with Gasteiger partial charge in [0.05, 0.1) is 13.7 Å². The number of nitrogens with zero attached hydrogens (tertiary/aromatic N) is 1. The highest BCUT2D eigenvalue weighted by molar-refractivity contribution is 14.0. The molecule has 0 saturated heterocycles. The van der Waals surface area contributed by atoms with Gasteiger partial charge in [0, 0.05) is 25.2 Å². The molecule has 7 heteroatoms. The summed E-state index contributed by atoms with van der Waals surface area (Å²) < 4.78 is 5.16. The Morgan fingerprint density at radius 2 is 1.63 bits per heavy atom. The fourth-order valence-electron chi connectivity index (χ4n) is 2.29. The molecule has 6 nitrogen and oxygen atoms in total. The minimum atomic E-state index is -0.0763. The minimum absolute atomic E-state index is 0. The summed E-state index contributed by atoms with van der Waals surface area (Å²) in [4.78, 5) is 16.5. The van der Waals surface area contributed by atoms with Crippen LogP contribution in [0, 0.1) is 0 Å². The van der Waals surface area contributed by atoms with E-state index < -0.39 is 0 Å². The number of amides is 1. The number of ether oxygens (including phenoxy) is 1. The van der Waals surface area contributed by atoms with E-state index in [-0.39, 0.29) is 29.9 Å². The number of halogens is 1. The number of benzene rings is 2. The highest BCUT2D eigenvalue weighted by Crippen LogP contribution is 2.11. The summed E-state index contributed by atoms with van der Waals surface area (Å²) in [6.45, 7) is 4.45. The molecular formula is C20H27IN4O2. The molecule has 0 aliphatic rings. The van der Waals surface area contributed by atoms with Crippen molar-refractivity contribution in [2.75, 3.05) is 26.7 Å². The SMILES string of the molecule is CCNC(=NCc1ccc(OC)cc1)NCCNC(=O)c1ccccc1.I. The number of aliphatic imine (C=N–C) groups is 1. The van der Waals surface area contributed by atoms with Crippen molar-refractivity contribution < 1.29 is 9.53 Å². The Morgan fingerprint density at radius 3 is 2.26 bits per heavy atom. The molecule has 27 heavy (non-hydrogen) atoms. The van der Waals surface area contributed by atoms with Crippen LogP contribution in [-0.4, -0.2) is 38.6 Å². The first kappa shape index (κ1) is 22.8. The molecule has 0 bridgehead atoms. The third-order valence-electron chi connectivity index (χ3n) is 3.66. The van der Waals surface area contributed by atoms with E-state index in [0.717, 1.165) is 23.8 Å². The van der Waals surface area contributed by atoms with Crippen molar-refractivity contribution >= 4 is 35.8 Å². The lowest BCUT2D eigenvalue weighted by Gasteiger charge is -2.12. The Balaban J connectivity index is 0.00000364. The summed E-state index contributed by atoms with van der Waals surface area (Å²) in [6.07, 6.45) is 0. The number of carbonyl (C=O) groups is 1. The Kier molecular flexibility index (Phi) is 10.9. The summed E-state index contributed by atoms with van der Waals surface area (Å²) in [6, 6.07) is 17.0. The van der Waals surface area contributed by atoms with Crippen molar-refractivity contribution in [2.24, 2.45) is 4.99 Å². The first-order chi connectivity index (χ1) is 12.7. The predicted molar refractivity (Wildman–Crippen MR) is 120 cm³/mol. The van der Waals surface area contributed by atoms with Crippen LogP contribution in [0.3, 0.4) is 0 Å². The highest BCUT2D eigenvalue weighted by Gasteiger charge is 2.03. The van der Waals surface area contributed by atoms with Crippen molar-refractivity contribution in [3.63, 3.8) is 0 Å². The largest absolute Gasteiger partial charge is 0.497 e. The van der Waals surface area contributed by atoms with Crippen LogP contribution in [-0.2, 0) is 6.54 Å². The van der Waals surface area contributed by atoms with Gasteiger partial charge in [-0.25, -0.2) is 4.99 Å². The third kappa shape index (κ3) is 8.29. The molecule has 0 spiro atoms. The minimum Gasteiger partial charge on any atom is -0.497 e. The number of carbonyl (C=O) groups excluding carboxylic acids is 1. The van der Waals surface area contributed by atoms with Gasteiger partial charge in [-0.1, -0.05) is 30.3 Å². The molecule has 2 aromatic carbocycles. The van der Waals surface area contributed by atoms with Gasteiger partial charge in [0.1, 0.15) is 5.75 Å². The van der Waals surface area contributed by atoms with Crippen molar-refractivity contribution in [2.45, 2.75) is 13.5 Å². The summed E-state index contributed by atoms with van der Waals surface area (Å²) in [7, 11) is 1.65. The van der Waals surface area contributed by atoms with Crippen LogP contribution < -0.4 is 20.7 Å². The van der Waals surface area contributed by atoms with E-state index >= 15 is 0 Å². The Bertz CT molecular complexity index is 706. The van der Waals surface area contributed by atoms with E-state index in [1.807, 2.05) is 49.4 Å². The lowest BCUT2D eigenvalue weighted by atomic mass is 10.2. The van der Waals surface area contributed by atoms with Crippen LogP contribution in [0.4, 0.5) is 0 Å². The molecule has 146 valence electrons. The lowest BCUT2D eigenvalue weighted by Crippen LogP contribution is -2.41. The quantitative estimate of drug-likeness (QED) is 0.234. The second-order valence-electron chi connectivity index (χ2n) is 5.59. The summed E-state index contributed by atoms with van der Waals surface area (Å²) in [5.74, 6) is 1.47. The molecule has 0 aliphatic heterocycles. The zero-order valence-corrected chi connectivity index (χ0v) is 18.0. The molecule has 0 saturated carbocycles. The van der Waals surface area contributed by atoms with Gasteiger partial charge in [-0.3, -0.25) is 4.79 Å². The van der Waals surface area contributed by atoms with Crippen molar-refractivity contribution in [1.29, 1.82) is 0 Å². The first-order valence-electron chi connectivity index (χ1n) is 8.71. The Hall–Kier alpha value is -2.29. The Morgan fingerprint density at radius 1 is 0.963 bits per heavy atom. The summed E-state index contributed by atoms with van der Waals surface area (Å²) in [5.41, 5.74) is 1.76. The van der Waals surface area contributed by atoms with Gasteiger partial charge in [-0.2, -0.15) is 0 Å². The third-order valence-corrected chi connectivity index (χ3v) is 3.66. The molecule has 0 unspecified atom stereocenters. The predicted octanol–water partition coefficient (Wildman–Crippen LogP) is 2.80. The average Bonchev–Trinajstić information content (AvgIpc) is 2.70. The number of guanidine groups is 1. The van der Waals surface area contributed by atoms with E-state index in [2.05, 4.69) is 20.9 Å². The van der Waals surface area contributed by atoms with E-state index in [0.29, 0.717) is 25.2 Å². The van der Waals surface area contributed by atoms with Crippen LogP contribution >= 0.6 is 24.0 Å². The first-order valence-corrected chi connectivity index (χ1v) is 8.71. The molecule has 0 atom stereocenters. The standard InChI is InChI=1S/C20H26N4O2.HI/c1-3-21-20(24-15-16-9-11-18(26-2)12-10-16)23-14-13-22-19(25)17-7-5-4-6-8-17;/h4-12H,3,13-15H2,1-2H3,(H,22,25)(H2,21,23,24);1H. The second kappa shape index (κ2) is 13.0. The number of nitrogens with one attached hydrogen (secondary N) is 3. The van der Waals surface area contributed by atoms with Crippen molar-refractivity contribution in [3.8, 4) is 5.75 Å². The molecule has 0 fully saturated rings. The van der Waals surface area contributed by atoms with E-state index in [4.69, 9.17) is 4.74 Å². The molecule has 0 radical (unpaired) electrons. The fourth-order valence-corrected chi connectivity index (χ4v) is 2.29. The van der Waals surface area contributed by atoms with E-state index in [9.17, 15) is 4.79 Å². The van der Waals surface area contributed by atoms with Gasteiger partial charge < -0.3 is 20.7 Å². The van der Waals surface area contributed by atoms with Crippen LogP contribution in [0.1, 0.15) is 22.8 Å². The molecule has 0 aliphatic carbocycles. The van der Waals surface area contributed by atoms with Crippen LogP contribution in [0.5, 0.6) is 5.75 Å². The zero-order valence-electron chi connectivity index (χ0n) is 15.7. The number of methoxy groups -OCH3 is 1. The van der Waals surface area contributed by atoms with Gasteiger partial charge in [-0.05, 0) is 36.8 Å². The Labute approximate surface area is 177 Å². The van der Waals surface area contributed by atoms with Gasteiger partial charge in [0.25, 0.3) is 5.91 Å². The number of rotatable bonds is 8. The van der Waals surface area contributed by atoms with Crippen molar-refractivity contribution in [1.82, 2.24) is 16.0 Å². The molecule has 3 N–H and O–H groups in total. The molecule has 0 aromatic heterocycles. The van der Waals surface area contributed by atoms with Crippen LogP contribution in [0.25, 0.3) is 0 Å². The maximum absolute atomic E-state index is 12.0. The highest BCUT2D eigenvalue weighted by atomic mass is 127. The zero-order chi connectivity index (χ0) is 18.6. The molecule has 2 aromatic rings.